The summed E-state index contributed by atoms with van der Waals surface area (Å²) < 4.78 is 10.8. The number of ether oxygens (including phenoxy) is 2. The molecule has 2 saturated heterocycles. The summed E-state index contributed by atoms with van der Waals surface area (Å²) in [7, 11) is 0. The molecule has 19 heavy (non-hydrogen) atoms. The molecule has 1 saturated carbocycles. The largest absolute Gasteiger partial charge is 0.481 e. The van der Waals surface area contributed by atoms with Gasteiger partial charge in [0.1, 0.15) is 17.6 Å². The van der Waals surface area contributed by atoms with Gasteiger partial charge in [0.15, 0.2) is 0 Å². The van der Waals surface area contributed by atoms with Crippen LogP contribution in [-0.4, -0.2) is 53.5 Å². The van der Waals surface area contributed by atoms with Crippen molar-refractivity contribution in [2.45, 2.75) is 31.0 Å². The van der Waals surface area contributed by atoms with Gasteiger partial charge in [-0.1, -0.05) is 12.7 Å². The van der Waals surface area contributed by atoms with Crippen LogP contribution < -0.4 is 0 Å². The Balaban J connectivity index is 1.70. The molecular weight excluding hydrogens is 250 g/mol. The Labute approximate surface area is 111 Å². The van der Waals surface area contributed by atoms with Gasteiger partial charge in [-0.3, -0.25) is 4.79 Å². The zero-order chi connectivity index (χ0) is 13.7. The number of carbonyl (C=O) groups excluding carboxylic acids is 1. The summed E-state index contributed by atoms with van der Waals surface area (Å²) in [4.78, 5) is 24.8. The molecule has 104 valence electrons. The molecule has 2 aliphatic heterocycles. The average molecular weight is 267 g/mol. The van der Waals surface area contributed by atoms with E-state index in [2.05, 4.69) is 6.58 Å². The lowest BCUT2D eigenvalue weighted by Gasteiger charge is -2.54. The summed E-state index contributed by atoms with van der Waals surface area (Å²) in [5.41, 5.74) is -1.51. The van der Waals surface area contributed by atoms with E-state index in [9.17, 15) is 14.7 Å². The monoisotopic (exact) mass is 267 g/mol. The molecule has 1 N–H and O–H groups in total. The molecule has 1 aliphatic carbocycles. The molecule has 2 unspecified atom stereocenters. The van der Waals surface area contributed by atoms with Crippen LogP contribution in [0.4, 0.5) is 4.79 Å². The van der Waals surface area contributed by atoms with Gasteiger partial charge in [-0.2, -0.15) is 0 Å². The third kappa shape index (κ3) is 1.52. The quantitative estimate of drug-likeness (QED) is 0.772. The summed E-state index contributed by atoms with van der Waals surface area (Å²) in [6.07, 6.45) is 3.11. The number of aliphatic carboxylic acids is 1. The van der Waals surface area contributed by atoms with Crippen LogP contribution in [0.3, 0.4) is 0 Å². The van der Waals surface area contributed by atoms with Gasteiger partial charge in [0.05, 0.1) is 19.2 Å². The minimum Gasteiger partial charge on any atom is -0.481 e. The third-order valence-electron chi connectivity index (χ3n) is 4.62. The molecule has 1 spiro atoms. The molecule has 2 bridgehead atoms. The summed E-state index contributed by atoms with van der Waals surface area (Å²) >= 11 is 0. The van der Waals surface area contributed by atoms with Crippen LogP contribution in [0.2, 0.25) is 0 Å². The molecule has 0 aromatic heterocycles. The van der Waals surface area contributed by atoms with Crippen LogP contribution >= 0.6 is 0 Å². The highest BCUT2D eigenvalue weighted by Crippen LogP contribution is 2.60. The number of carbonyl (C=O) groups is 2. The van der Waals surface area contributed by atoms with E-state index in [4.69, 9.17) is 9.47 Å². The van der Waals surface area contributed by atoms with Crippen LogP contribution in [-0.2, 0) is 14.3 Å². The molecule has 3 aliphatic rings. The number of fused-ring (bicyclic) bond motifs is 3. The SMILES string of the molecule is C=CCOC(=O)N1CC2(C1)OC1CCC2(C(=O)O)C1. The molecule has 0 aromatic carbocycles. The van der Waals surface area contributed by atoms with Gasteiger partial charge in [-0.25, -0.2) is 4.79 Å². The first-order valence-electron chi connectivity index (χ1n) is 6.47. The minimum atomic E-state index is -0.813. The second-order valence-electron chi connectivity index (χ2n) is 5.59. The molecule has 2 heterocycles. The molecule has 3 fully saturated rings. The first-order valence-corrected chi connectivity index (χ1v) is 6.47. The van der Waals surface area contributed by atoms with Crippen molar-refractivity contribution in [1.82, 2.24) is 4.90 Å². The lowest BCUT2D eigenvalue weighted by Crippen LogP contribution is -2.72. The van der Waals surface area contributed by atoms with Gasteiger partial charge in [0, 0.05) is 0 Å². The normalized spacial score (nSPS) is 34.1. The summed E-state index contributed by atoms with van der Waals surface area (Å²) in [6.45, 7) is 4.26. The number of rotatable bonds is 3. The average Bonchev–Trinajstić information content (AvgIpc) is 2.90. The van der Waals surface area contributed by atoms with Gasteiger partial charge < -0.3 is 19.5 Å². The summed E-state index contributed by atoms with van der Waals surface area (Å²) in [6, 6.07) is 0. The molecule has 6 nitrogen and oxygen atoms in total. The van der Waals surface area contributed by atoms with Crippen LogP contribution in [0.1, 0.15) is 19.3 Å². The van der Waals surface area contributed by atoms with Crippen molar-refractivity contribution in [2.75, 3.05) is 19.7 Å². The highest BCUT2D eigenvalue weighted by molar-refractivity contribution is 5.79. The van der Waals surface area contributed by atoms with Gasteiger partial charge in [0.25, 0.3) is 0 Å². The summed E-state index contributed by atoms with van der Waals surface area (Å²) in [5.74, 6) is -0.799. The maximum absolute atomic E-state index is 11.7. The molecule has 3 rings (SSSR count). The highest BCUT2D eigenvalue weighted by Gasteiger charge is 2.72. The second kappa shape index (κ2) is 3.96. The molecule has 0 radical (unpaired) electrons. The fourth-order valence-electron chi connectivity index (χ4n) is 3.63. The Morgan fingerprint density at radius 1 is 1.53 bits per heavy atom. The van der Waals surface area contributed by atoms with E-state index in [1.807, 2.05) is 0 Å². The van der Waals surface area contributed by atoms with E-state index >= 15 is 0 Å². The van der Waals surface area contributed by atoms with Gasteiger partial charge in [-0.05, 0) is 19.3 Å². The number of carboxylic acid groups (broad SMARTS) is 1. The van der Waals surface area contributed by atoms with Crippen LogP contribution in [0.25, 0.3) is 0 Å². The van der Waals surface area contributed by atoms with Crippen molar-refractivity contribution >= 4 is 12.1 Å². The predicted molar refractivity (Wildman–Crippen MR) is 64.6 cm³/mol. The van der Waals surface area contributed by atoms with Crippen molar-refractivity contribution in [1.29, 1.82) is 0 Å². The predicted octanol–water partition coefficient (Wildman–Crippen LogP) is 1.02. The molecular formula is C13H17NO5. The van der Waals surface area contributed by atoms with E-state index in [-0.39, 0.29) is 12.7 Å². The first kappa shape index (κ1) is 12.5. The standard InChI is InChI=1S/C13H17NO5/c1-2-5-18-11(17)14-7-13(8-14)12(10(15)16)4-3-9(6-12)19-13/h2,9H,1,3-8H2,(H,15,16). The van der Waals surface area contributed by atoms with Gasteiger partial charge in [-0.15, -0.1) is 0 Å². The third-order valence-corrected chi connectivity index (χ3v) is 4.62. The molecule has 0 aromatic rings. The maximum Gasteiger partial charge on any atom is 0.410 e. The zero-order valence-electron chi connectivity index (χ0n) is 10.6. The fraction of sp³-hybridized carbons (Fsp3) is 0.692. The topological polar surface area (TPSA) is 76.1 Å². The number of carboxylic acids is 1. The number of nitrogens with zero attached hydrogens (tertiary/aromatic N) is 1. The second-order valence-corrected chi connectivity index (χ2v) is 5.59. The Bertz CT molecular complexity index is 442. The van der Waals surface area contributed by atoms with Crippen LogP contribution in [0.5, 0.6) is 0 Å². The smallest absolute Gasteiger partial charge is 0.410 e. The van der Waals surface area contributed by atoms with E-state index in [1.54, 1.807) is 0 Å². The fourth-order valence-corrected chi connectivity index (χ4v) is 3.63. The van der Waals surface area contributed by atoms with E-state index in [0.29, 0.717) is 25.9 Å². The first-order chi connectivity index (χ1) is 9.03. The van der Waals surface area contributed by atoms with E-state index in [0.717, 1.165) is 6.42 Å². The van der Waals surface area contributed by atoms with Crippen LogP contribution in [0.15, 0.2) is 12.7 Å². The number of hydrogen-bond donors (Lipinski definition) is 1. The number of amides is 1. The number of hydrogen-bond acceptors (Lipinski definition) is 4. The van der Waals surface area contributed by atoms with Crippen molar-refractivity contribution in [3.05, 3.63) is 12.7 Å². The van der Waals surface area contributed by atoms with Gasteiger partial charge >= 0.3 is 12.1 Å². The Morgan fingerprint density at radius 2 is 2.26 bits per heavy atom. The number of likely N-dealkylation sites (tertiary alicyclic amines) is 1. The lowest BCUT2D eigenvalue weighted by molar-refractivity contribution is -0.204. The lowest BCUT2D eigenvalue weighted by atomic mass is 9.67. The molecule has 6 heteroatoms. The van der Waals surface area contributed by atoms with E-state index < -0.39 is 23.1 Å². The van der Waals surface area contributed by atoms with Crippen molar-refractivity contribution in [3.8, 4) is 0 Å². The van der Waals surface area contributed by atoms with Crippen molar-refractivity contribution in [3.63, 3.8) is 0 Å². The van der Waals surface area contributed by atoms with Crippen LogP contribution in [0, 0.1) is 5.41 Å². The zero-order valence-corrected chi connectivity index (χ0v) is 10.6. The Hall–Kier alpha value is -1.56. The Morgan fingerprint density at radius 3 is 2.84 bits per heavy atom. The van der Waals surface area contributed by atoms with Gasteiger partial charge in [0.2, 0.25) is 0 Å². The van der Waals surface area contributed by atoms with Crippen molar-refractivity contribution in [2.24, 2.45) is 5.41 Å². The van der Waals surface area contributed by atoms with Crippen molar-refractivity contribution < 1.29 is 24.2 Å². The molecule has 1 amide bonds. The summed E-state index contributed by atoms with van der Waals surface area (Å²) in [5, 5.41) is 9.53. The Kier molecular flexibility index (Phi) is 2.60. The molecule has 2 atom stereocenters. The van der Waals surface area contributed by atoms with E-state index in [1.165, 1.54) is 11.0 Å². The maximum atomic E-state index is 11.7. The minimum absolute atomic E-state index is 0.0300. The highest BCUT2D eigenvalue weighted by atomic mass is 16.6.